The summed E-state index contributed by atoms with van der Waals surface area (Å²) in [4.78, 5) is 37.1. The number of hydrogen-bond donors (Lipinski definition) is 2. The van der Waals surface area contributed by atoms with Gasteiger partial charge in [-0.15, -0.1) is 0 Å². The third-order valence-corrected chi connectivity index (χ3v) is 5.13. The highest BCUT2D eigenvalue weighted by molar-refractivity contribution is 6.39. The van der Waals surface area contributed by atoms with E-state index in [9.17, 15) is 14.4 Å². The van der Waals surface area contributed by atoms with E-state index in [2.05, 4.69) is 15.8 Å². The van der Waals surface area contributed by atoms with Crippen molar-refractivity contribution in [1.82, 2.24) is 5.43 Å². The van der Waals surface area contributed by atoms with E-state index in [-0.39, 0.29) is 5.75 Å². The fraction of sp³-hybridized carbons (Fsp3) is 0.0714. The maximum atomic E-state index is 12.8. The van der Waals surface area contributed by atoms with Gasteiger partial charge in [-0.1, -0.05) is 48.5 Å². The van der Waals surface area contributed by atoms with Crippen LogP contribution in [0.15, 0.2) is 96.1 Å². The Bertz CT molecular complexity index is 1420. The number of ether oxygens (including phenoxy) is 2. The van der Waals surface area contributed by atoms with E-state index in [1.54, 1.807) is 60.7 Å². The number of anilines is 1. The Balaban J connectivity index is 1.52. The zero-order valence-electron chi connectivity index (χ0n) is 19.4. The molecular formula is C28H23N3O5. The number of fused-ring (bicyclic) bond motifs is 1. The van der Waals surface area contributed by atoms with Crippen LogP contribution in [0.25, 0.3) is 10.8 Å². The van der Waals surface area contributed by atoms with E-state index < -0.39 is 17.8 Å². The lowest BCUT2D eigenvalue weighted by Gasteiger charge is -2.11. The number of amides is 2. The molecule has 0 fully saturated rings. The van der Waals surface area contributed by atoms with Gasteiger partial charge in [-0.3, -0.25) is 9.59 Å². The zero-order chi connectivity index (χ0) is 25.3. The van der Waals surface area contributed by atoms with Crippen molar-refractivity contribution in [2.75, 3.05) is 11.9 Å². The minimum Gasteiger partial charge on any atom is -0.494 e. The zero-order valence-corrected chi connectivity index (χ0v) is 19.4. The van der Waals surface area contributed by atoms with Gasteiger partial charge in [0.05, 0.1) is 18.4 Å². The SMILES string of the molecule is CCOc1ccc(C(=O)Oc2ccc3ccccc3c2/C=N/NC(=O)C(=O)Nc2ccccc2)cc1. The smallest absolute Gasteiger partial charge is 0.343 e. The average molecular weight is 482 g/mol. The lowest BCUT2D eigenvalue weighted by molar-refractivity contribution is -0.136. The molecule has 8 heteroatoms. The lowest BCUT2D eigenvalue weighted by atomic mass is 10.0. The molecule has 2 N–H and O–H groups in total. The first-order valence-electron chi connectivity index (χ1n) is 11.2. The molecule has 8 nitrogen and oxygen atoms in total. The van der Waals surface area contributed by atoms with E-state index in [1.807, 2.05) is 37.3 Å². The second-order valence-corrected chi connectivity index (χ2v) is 7.56. The highest BCUT2D eigenvalue weighted by Gasteiger charge is 2.15. The van der Waals surface area contributed by atoms with Crippen LogP contribution >= 0.6 is 0 Å². The number of nitrogens with zero attached hydrogens (tertiary/aromatic N) is 1. The predicted octanol–water partition coefficient (Wildman–Crippen LogP) is 4.55. The number of rotatable bonds is 7. The Morgan fingerprint density at radius 1 is 0.833 bits per heavy atom. The quantitative estimate of drug-likeness (QED) is 0.132. The summed E-state index contributed by atoms with van der Waals surface area (Å²) in [7, 11) is 0. The molecule has 36 heavy (non-hydrogen) atoms. The summed E-state index contributed by atoms with van der Waals surface area (Å²) in [6, 6.07) is 26.2. The Morgan fingerprint density at radius 3 is 2.31 bits per heavy atom. The van der Waals surface area contributed by atoms with Gasteiger partial charge in [0.25, 0.3) is 0 Å². The van der Waals surface area contributed by atoms with Gasteiger partial charge in [-0.05, 0) is 60.2 Å². The van der Waals surface area contributed by atoms with Crippen molar-refractivity contribution < 1.29 is 23.9 Å². The first-order chi connectivity index (χ1) is 17.5. The molecule has 0 heterocycles. The molecule has 0 aliphatic carbocycles. The minimum atomic E-state index is -0.941. The molecule has 4 aromatic rings. The average Bonchev–Trinajstić information content (AvgIpc) is 2.90. The van der Waals surface area contributed by atoms with E-state index in [1.165, 1.54) is 6.21 Å². The van der Waals surface area contributed by atoms with Crippen LogP contribution in [-0.4, -0.2) is 30.6 Å². The number of hydrazone groups is 1. The predicted molar refractivity (Wildman–Crippen MR) is 137 cm³/mol. The van der Waals surface area contributed by atoms with Crippen LogP contribution in [0.1, 0.15) is 22.8 Å². The molecule has 0 saturated heterocycles. The second kappa shape index (κ2) is 11.4. The first-order valence-corrected chi connectivity index (χ1v) is 11.2. The number of carbonyl (C=O) groups is 3. The Morgan fingerprint density at radius 2 is 1.56 bits per heavy atom. The van der Waals surface area contributed by atoms with Gasteiger partial charge >= 0.3 is 17.8 Å². The van der Waals surface area contributed by atoms with Crippen molar-refractivity contribution in [3.63, 3.8) is 0 Å². The van der Waals surface area contributed by atoms with Gasteiger partial charge in [-0.2, -0.15) is 5.10 Å². The summed E-state index contributed by atoms with van der Waals surface area (Å²) in [5, 5.41) is 8.05. The van der Waals surface area contributed by atoms with Crippen molar-refractivity contribution in [3.8, 4) is 11.5 Å². The van der Waals surface area contributed by atoms with Crippen molar-refractivity contribution in [2.45, 2.75) is 6.92 Å². The summed E-state index contributed by atoms with van der Waals surface area (Å²) in [5.74, 6) is -1.46. The molecule has 2 amide bonds. The van der Waals surface area contributed by atoms with Gasteiger partial charge in [0.1, 0.15) is 11.5 Å². The Hall–Kier alpha value is -4.98. The highest BCUT2D eigenvalue weighted by Crippen LogP contribution is 2.27. The first kappa shape index (κ1) is 24.2. The van der Waals surface area contributed by atoms with Crippen molar-refractivity contribution in [2.24, 2.45) is 5.10 Å². The van der Waals surface area contributed by atoms with Crippen LogP contribution in [0.5, 0.6) is 11.5 Å². The lowest BCUT2D eigenvalue weighted by Crippen LogP contribution is -2.32. The molecule has 0 spiro atoms. The molecule has 4 aromatic carbocycles. The molecule has 0 aliphatic heterocycles. The van der Waals surface area contributed by atoms with Gasteiger partial charge in [0, 0.05) is 11.3 Å². The van der Waals surface area contributed by atoms with Crippen molar-refractivity contribution in [3.05, 3.63) is 102 Å². The molecule has 0 bridgehead atoms. The summed E-state index contributed by atoms with van der Waals surface area (Å²) in [6.45, 7) is 2.40. The summed E-state index contributed by atoms with van der Waals surface area (Å²) < 4.78 is 11.1. The Kier molecular flexibility index (Phi) is 7.67. The second-order valence-electron chi connectivity index (χ2n) is 7.56. The minimum absolute atomic E-state index is 0.249. The number of esters is 1. The maximum absolute atomic E-state index is 12.8. The molecule has 0 atom stereocenters. The fourth-order valence-electron chi connectivity index (χ4n) is 3.43. The van der Waals surface area contributed by atoms with Crippen molar-refractivity contribution in [1.29, 1.82) is 0 Å². The maximum Gasteiger partial charge on any atom is 0.343 e. The van der Waals surface area contributed by atoms with Crippen LogP contribution in [0.3, 0.4) is 0 Å². The van der Waals surface area contributed by atoms with Gasteiger partial charge in [-0.25, -0.2) is 10.2 Å². The molecule has 4 rings (SSSR count). The molecular weight excluding hydrogens is 458 g/mol. The largest absolute Gasteiger partial charge is 0.494 e. The van der Waals surface area contributed by atoms with Crippen LogP contribution in [0, 0.1) is 0 Å². The molecule has 0 aromatic heterocycles. The summed E-state index contributed by atoms with van der Waals surface area (Å²) in [6.07, 6.45) is 1.34. The number of carbonyl (C=O) groups excluding carboxylic acids is 3. The van der Waals surface area contributed by atoms with Crippen LogP contribution in [-0.2, 0) is 9.59 Å². The van der Waals surface area contributed by atoms with Gasteiger partial charge < -0.3 is 14.8 Å². The summed E-state index contributed by atoms with van der Waals surface area (Å²) in [5.41, 5.74) is 3.51. The van der Waals surface area contributed by atoms with E-state index in [0.29, 0.717) is 29.2 Å². The Labute approximate surface area is 207 Å². The summed E-state index contributed by atoms with van der Waals surface area (Å²) >= 11 is 0. The molecule has 0 radical (unpaired) electrons. The molecule has 0 saturated carbocycles. The fourth-order valence-corrected chi connectivity index (χ4v) is 3.43. The van der Waals surface area contributed by atoms with Crippen molar-refractivity contribution >= 4 is 40.5 Å². The van der Waals surface area contributed by atoms with Crippen LogP contribution in [0.2, 0.25) is 0 Å². The number of para-hydroxylation sites is 1. The van der Waals surface area contributed by atoms with E-state index in [0.717, 1.165) is 10.8 Å². The van der Waals surface area contributed by atoms with E-state index >= 15 is 0 Å². The number of hydrogen-bond acceptors (Lipinski definition) is 6. The topological polar surface area (TPSA) is 106 Å². The number of nitrogens with one attached hydrogen (secondary N) is 2. The third kappa shape index (κ3) is 5.92. The third-order valence-electron chi connectivity index (χ3n) is 5.13. The highest BCUT2D eigenvalue weighted by atomic mass is 16.5. The van der Waals surface area contributed by atoms with Gasteiger partial charge in [0.2, 0.25) is 0 Å². The monoisotopic (exact) mass is 481 g/mol. The standard InChI is InChI=1S/C28H23N3O5/c1-2-35-22-15-12-20(13-16-22)28(34)36-25-17-14-19-8-6-7-11-23(19)24(25)18-29-31-27(33)26(32)30-21-9-4-3-5-10-21/h3-18H,2H2,1H3,(H,30,32)(H,31,33)/b29-18+. The molecule has 0 aliphatic rings. The normalized spacial score (nSPS) is 10.7. The number of benzene rings is 4. The molecule has 180 valence electrons. The van der Waals surface area contributed by atoms with Crippen LogP contribution in [0.4, 0.5) is 5.69 Å². The van der Waals surface area contributed by atoms with Gasteiger partial charge in [0.15, 0.2) is 0 Å². The van der Waals surface area contributed by atoms with Crippen LogP contribution < -0.4 is 20.2 Å². The van der Waals surface area contributed by atoms with E-state index in [4.69, 9.17) is 9.47 Å². The molecule has 0 unspecified atom stereocenters.